The van der Waals surface area contributed by atoms with Gasteiger partial charge >= 0.3 is 5.97 Å². The number of hydrogen-bond acceptors (Lipinski definition) is 4. The second-order valence-electron chi connectivity index (χ2n) is 7.64. The monoisotopic (exact) mass is 377 g/mol. The molecule has 1 amide bonds. The number of carbonyl (C=O) groups excluding carboxylic acids is 2. The van der Waals surface area contributed by atoms with Crippen LogP contribution in [0.15, 0.2) is 11.6 Å². The number of allylic oxidation sites excluding steroid dienone is 1. The van der Waals surface area contributed by atoms with Gasteiger partial charge in [0.1, 0.15) is 5.00 Å². The number of hydrogen-bond donors (Lipinski definition) is 1. The molecular weight excluding hydrogens is 346 g/mol. The van der Waals surface area contributed by atoms with Crippen LogP contribution in [0.4, 0.5) is 5.00 Å². The van der Waals surface area contributed by atoms with Gasteiger partial charge in [0.05, 0.1) is 12.2 Å². The molecule has 1 aromatic heterocycles. The van der Waals surface area contributed by atoms with E-state index in [0.29, 0.717) is 28.7 Å². The van der Waals surface area contributed by atoms with Gasteiger partial charge in [-0.15, -0.1) is 11.3 Å². The van der Waals surface area contributed by atoms with Crippen LogP contribution in [0, 0.1) is 11.3 Å². The maximum atomic E-state index is 12.6. The van der Waals surface area contributed by atoms with Crippen LogP contribution in [0.3, 0.4) is 0 Å². The maximum absolute atomic E-state index is 12.6. The Hall–Kier alpha value is -1.62. The standard InChI is InChI=1S/C21H31NO3S/c1-7-13(4)18(23)22-19-17(20(24)25-9-3)15-11-10-14(12-16(15)26-19)21(5,6)8-2/h7,14H,8-12H2,1-6H3,(H,22,23). The molecule has 1 unspecified atom stereocenters. The number of carbonyl (C=O) groups is 2. The fraction of sp³-hybridized carbons (Fsp3) is 0.619. The lowest BCUT2D eigenvalue weighted by Crippen LogP contribution is -2.28. The first-order valence-electron chi connectivity index (χ1n) is 9.51. The van der Waals surface area contributed by atoms with E-state index in [-0.39, 0.29) is 17.3 Å². The average molecular weight is 378 g/mol. The second kappa shape index (κ2) is 8.38. The maximum Gasteiger partial charge on any atom is 0.341 e. The lowest BCUT2D eigenvalue weighted by molar-refractivity contribution is -0.112. The fourth-order valence-corrected chi connectivity index (χ4v) is 4.69. The highest BCUT2D eigenvalue weighted by atomic mass is 32.1. The van der Waals surface area contributed by atoms with E-state index in [9.17, 15) is 9.59 Å². The molecule has 26 heavy (non-hydrogen) atoms. The number of thiophene rings is 1. The minimum atomic E-state index is -0.327. The Labute approximate surface area is 161 Å². The molecule has 0 aliphatic heterocycles. The molecule has 5 heteroatoms. The van der Waals surface area contributed by atoms with Crippen LogP contribution in [-0.2, 0) is 22.4 Å². The smallest absolute Gasteiger partial charge is 0.341 e. The topological polar surface area (TPSA) is 55.4 Å². The Morgan fingerprint density at radius 3 is 2.62 bits per heavy atom. The number of amides is 1. The Morgan fingerprint density at radius 1 is 1.35 bits per heavy atom. The van der Waals surface area contributed by atoms with E-state index in [2.05, 4.69) is 26.1 Å². The predicted octanol–water partition coefficient (Wildman–Crippen LogP) is 5.37. The van der Waals surface area contributed by atoms with Gasteiger partial charge in [-0.3, -0.25) is 4.79 Å². The summed E-state index contributed by atoms with van der Waals surface area (Å²) < 4.78 is 5.28. The summed E-state index contributed by atoms with van der Waals surface area (Å²) in [6.45, 7) is 12.6. The van der Waals surface area contributed by atoms with E-state index in [1.165, 1.54) is 4.88 Å². The Kier molecular flexibility index (Phi) is 6.67. The molecule has 1 aromatic rings. The van der Waals surface area contributed by atoms with Crippen LogP contribution in [0.1, 0.15) is 75.2 Å². The van der Waals surface area contributed by atoms with E-state index in [4.69, 9.17) is 4.74 Å². The van der Waals surface area contributed by atoms with Gasteiger partial charge in [0.15, 0.2) is 0 Å². The van der Waals surface area contributed by atoms with Crippen LogP contribution in [0.2, 0.25) is 0 Å². The van der Waals surface area contributed by atoms with E-state index in [0.717, 1.165) is 31.2 Å². The van der Waals surface area contributed by atoms with Gasteiger partial charge in [0.2, 0.25) is 0 Å². The Balaban J connectivity index is 2.40. The molecule has 0 saturated heterocycles. The molecule has 0 radical (unpaired) electrons. The molecule has 0 saturated carbocycles. The molecule has 1 aliphatic carbocycles. The van der Waals surface area contributed by atoms with Gasteiger partial charge in [0.25, 0.3) is 5.91 Å². The predicted molar refractivity (Wildman–Crippen MR) is 108 cm³/mol. The fourth-order valence-electron chi connectivity index (χ4n) is 3.38. The highest BCUT2D eigenvalue weighted by Gasteiger charge is 2.35. The molecule has 0 bridgehead atoms. The summed E-state index contributed by atoms with van der Waals surface area (Å²) in [5.41, 5.74) is 2.55. The number of fused-ring (bicyclic) bond motifs is 1. The van der Waals surface area contributed by atoms with Crippen LogP contribution in [0.5, 0.6) is 0 Å². The third-order valence-corrected chi connectivity index (χ3v) is 6.95. The SMILES string of the molecule is CC=C(C)C(=O)Nc1sc2c(c1C(=O)OCC)CCC(C(C)(C)CC)C2. The molecule has 0 aromatic carbocycles. The van der Waals surface area contributed by atoms with Crippen LogP contribution >= 0.6 is 11.3 Å². The minimum absolute atomic E-state index is 0.165. The van der Waals surface area contributed by atoms with E-state index in [1.807, 2.05) is 6.92 Å². The number of anilines is 1. The van der Waals surface area contributed by atoms with Crippen molar-refractivity contribution in [3.8, 4) is 0 Å². The second-order valence-corrected chi connectivity index (χ2v) is 8.74. The summed E-state index contributed by atoms with van der Waals surface area (Å²) in [6, 6.07) is 0. The molecular formula is C21H31NO3S. The molecule has 1 atom stereocenters. The summed E-state index contributed by atoms with van der Waals surface area (Å²) in [6.07, 6.45) is 5.80. The zero-order valence-electron chi connectivity index (χ0n) is 16.8. The minimum Gasteiger partial charge on any atom is -0.462 e. The number of nitrogens with one attached hydrogen (secondary N) is 1. The molecule has 1 aliphatic rings. The highest BCUT2D eigenvalue weighted by Crippen LogP contribution is 2.45. The van der Waals surface area contributed by atoms with Gasteiger partial charge in [-0.2, -0.15) is 0 Å². The summed E-state index contributed by atoms with van der Waals surface area (Å²) >= 11 is 1.54. The molecule has 0 fully saturated rings. The zero-order chi connectivity index (χ0) is 19.5. The zero-order valence-corrected chi connectivity index (χ0v) is 17.6. The molecule has 144 valence electrons. The molecule has 2 rings (SSSR count). The normalized spacial score (nSPS) is 17.6. The first kappa shape index (κ1) is 20.7. The highest BCUT2D eigenvalue weighted by molar-refractivity contribution is 7.17. The van der Waals surface area contributed by atoms with Crippen molar-refractivity contribution in [3.05, 3.63) is 27.7 Å². The van der Waals surface area contributed by atoms with Crippen molar-refractivity contribution < 1.29 is 14.3 Å². The van der Waals surface area contributed by atoms with Gasteiger partial charge in [-0.1, -0.05) is 33.3 Å². The quantitative estimate of drug-likeness (QED) is 0.535. The van der Waals surface area contributed by atoms with Gasteiger partial charge in [-0.25, -0.2) is 4.79 Å². The van der Waals surface area contributed by atoms with E-state index >= 15 is 0 Å². The number of ether oxygens (including phenoxy) is 1. The van der Waals surface area contributed by atoms with Crippen LogP contribution in [-0.4, -0.2) is 18.5 Å². The average Bonchev–Trinajstić information content (AvgIpc) is 2.97. The van der Waals surface area contributed by atoms with E-state index in [1.54, 1.807) is 31.3 Å². The number of esters is 1. The third-order valence-electron chi connectivity index (χ3n) is 5.78. The summed E-state index contributed by atoms with van der Waals surface area (Å²) in [5, 5.41) is 3.57. The van der Waals surface area contributed by atoms with Crippen LogP contribution < -0.4 is 5.32 Å². The van der Waals surface area contributed by atoms with Crippen molar-refractivity contribution in [2.24, 2.45) is 11.3 Å². The van der Waals surface area contributed by atoms with Crippen molar-refractivity contribution in [2.75, 3.05) is 11.9 Å². The Bertz CT molecular complexity index is 715. The Morgan fingerprint density at radius 2 is 2.04 bits per heavy atom. The summed E-state index contributed by atoms with van der Waals surface area (Å²) in [7, 11) is 0. The molecule has 1 heterocycles. The first-order chi connectivity index (χ1) is 12.2. The van der Waals surface area contributed by atoms with E-state index < -0.39 is 0 Å². The van der Waals surface area contributed by atoms with Crippen molar-refractivity contribution in [2.45, 2.75) is 67.2 Å². The number of rotatable bonds is 6. The summed E-state index contributed by atoms with van der Waals surface area (Å²) in [5.74, 6) is 0.100. The van der Waals surface area contributed by atoms with Gasteiger partial charge in [0, 0.05) is 10.5 Å². The van der Waals surface area contributed by atoms with Crippen molar-refractivity contribution >= 4 is 28.2 Å². The molecule has 0 spiro atoms. The van der Waals surface area contributed by atoms with Crippen molar-refractivity contribution in [1.82, 2.24) is 0 Å². The third kappa shape index (κ3) is 4.20. The van der Waals surface area contributed by atoms with Gasteiger partial charge in [-0.05, 0) is 56.9 Å². The van der Waals surface area contributed by atoms with Crippen LogP contribution in [0.25, 0.3) is 0 Å². The van der Waals surface area contributed by atoms with Crippen molar-refractivity contribution in [1.29, 1.82) is 0 Å². The first-order valence-corrected chi connectivity index (χ1v) is 10.3. The molecule has 4 nitrogen and oxygen atoms in total. The van der Waals surface area contributed by atoms with Gasteiger partial charge < -0.3 is 10.1 Å². The summed E-state index contributed by atoms with van der Waals surface area (Å²) in [4.78, 5) is 26.1. The lowest BCUT2D eigenvalue weighted by Gasteiger charge is -2.36. The largest absolute Gasteiger partial charge is 0.462 e. The lowest BCUT2D eigenvalue weighted by atomic mass is 9.69. The van der Waals surface area contributed by atoms with Crippen molar-refractivity contribution in [3.63, 3.8) is 0 Å². The molecule has 1 N–H and O–H groups in total.